The first kappa shape index (κ1) is 17.5. The number of aliphatic hydroxyl groups excluding tert-OH is 1. The van der Waals surface area contributed by atoms with Crippen molar-refractivity contribution in [3.8, 4) is 5.75 Å². The summed E-state index contributed by atoms with van der Waals surface area (Å²) in [4.78, 5) is 14.1. The van der Waals surface area contributed by atoms with Gasteiger partial charge in [0.05, 0.1) is 0 Å². The van der Waals surface area contributed by atoms with Crippen LogP contribution in [-0.4, -0.2) is 49.0 Å². The van der Waals surface area contributed by atoms with Crippen molar-refractivity contribution in [1.29, 1.82) is 0 Å². The van der Waals surface area contributed by atoms with Gasteiger partial charge in [-0.15, -0.1) is 0 Å². The predicted octanol–water partition coefficient (Wildman–Crippen LogP) is 3.05. The number of hydrogen-bond acceptors (Lipinski definition) is 3. The number of carbonyl (C=O) groups is 1. The summed E-state index contributed by atoms with van der Waals surface area (Å²) in [6.07, 6.45) is 3.72. The van der Waals surface area contributed by atoms with Crippen molar-refractivity contribution in [3.05, 3.63) is 24.3 Å². The molecule has 5 nitrogen and oxygen atoms in total. The molecular formula is C17H25FN2O3. The molecule has 0 bridgehead atoms. The lowest BCUT2D eigenvalue weighted by Gasteiger charge is -2.34. The van der Waals surface area contributed by atoms with E-state index in [0.717, 1.165) is 25.7 Å². The molecule has 2 rings (SSSR count). The number of rotatable bonds is 6. The van der Waals surface area contributed by atoms with Crippen molar-refractivity contribution in [2.45, 2.75) is 31.7 Å². The number of aliphatic hydroxyl groups is 1. The molecule has 1 aliphatic carbocycles. The minimum Gasteiger partial charge on any atom is -0.491 e. The molecule has 1 aliphatic rings. The Labute approximate surface area is 136 Å². The van der Waals surface area contributed by atoms with Crippen molar-refractivity contribution < 1.29 is 19.0 Å². The summed E-state index contributed by atoms with van der Waals surface area (Å²) in [7, 11) is 1.79. The van der Waals surface area contributed by atoms with E-state index in [4.69, 9.17) is 4.74 Å². The Morgan fingerprint density at radius 3 is 2.78 bits per heavy atom. The van der Waals surface area contributed by atoms with E-state index in [9.17, 15) is 14.3 Å². The predicted molar refractivity (Wildman–Crippen MR) is 87.5 cm³/mol. The Hall–Kier alpha value is -1.82. The molecule has 0 atom stereocenters. The van der Waals surface area contributed by atoms with Crippen LogP contribution >= 0.6 is 0 Å². The van der Waals surface area contributed by atoms with Gasteiger partial charge in [0.15, 0.2) is 0 Å². The van der Waals surface area contributed by atoms with E-state index >= 15 is 0 Å². The monoisotopic (exact) mass is 324 g/mol. The molecule has 1 fully saturated rings. The molecule has 0 radical (unpaired) electrons. The number of anilines is 1. The molecule has 0 aromatic heterocycles. The summed E-state index contributed by atoms with van der Waals surface area (Å²) in [5.41, 5.74) is 0.627. The van der Waals surface area contributed by atoms with Gasteiger partial charge in [-0.3, -0.25) is 0 Å². The van der Waals surface area contributed by atoms with Gasteiger partial charge in [0.2, 0.25) is 0 Å². The first-order chi connectivity index (χ1) is 11.1. The summed E-state index contributed by atoms with van der Waals surface area (Å²) in [5, 5.41) is 12.0. The maximum Gasteiger partial charge on any atom is 0.321 e. The van der Waals surface area contributed by atoms with Crippen LogP contribution in [0.5, 0.6) is 5.75 Å². The summed E-state index contributed by atoms with van der Waals surface area (Å²) < 4.78 is 17.4. The van der Waals surface area contributed by atoms with E-state index < -0.39 is 6.67 Å². The smallest absolute Gasteiger partial charge is 0.321 e. The number of urea groups is 1. The van der Waals surface area contributed by atoms with Crippen LogP contribution < -0.4 is 10.1 Å². The Morgan fingerprint density at radius 1 is 1.39 bits per heavy atom. The highest BCUT2D eigenvalue weighted by Gasteiger charge is 2.26. The van der Waals surface area contributed by atoms with Gasteiger partial charge in [0, 0.05) is 31.5 Å². The fraction of sp³-hybridized carbons (Fsp3) is 0.588. The Morgan fingerprint density at radius 2 is 2.13 bits per heavy atom. The summed E-state index contributed by atoms with van der Waals surface area (Å²) in [5.74, 6) is 0.901. The van der Waals surface area contributed by atoms with Crippen LogP contribution in [0.4, 0.5) is 14.9 Å². The fourth-order valence-corrected chi connectivity index (χ4v) is 2.91. The lowest BCUT2D eigenvalue weighted by molar-refractivity contribution is 0.139. The molecule has 128 valence electrons. The third-order valence-corrected chi connectivity index (χ3v) is 4.37. The molecule has 6 heteroatoms. The second kappa shape index (κ2) is 8.72. The number of amides is 2. The van der Waals surface area contributed by atoms with Gasteiger partial charge >= 0.3 is 6.03 Å². The van der Waals surface area contributed by atoms with Gasteiger partial charge in [-0.05, 0) is 43.7 Å². The second-order valence-corrected chi connectivity index (χ2v) is 5.96. The molecule has 0 heterocycles. The van der Waals surface area contributed by atoms with Gasteiger partial charge < -0.3 is 20.1 Å². The minimum absolute atomic E-state index is 0.00536. The maximum absolute atomic E-state index is 12.4. The molecule has 23 heavy (non-hydrogen) atoms. The number of nitrogens with zero attached hydrogens (tertiary/aromatic N) is 1. The minimum atomic E-state index is -0.546. The average molecular weight is 324 g/mol. The van der Waals surface area contributed by atoms with Crippen LogP contribution in [-0.2, 0) is 0 Å². The SMILES string of the molecule is CN(C(=O)Nc1cccc(OCCF)c1)C1CCC(CO)CC1. The molecule has 0 aliphatic heterocycles. The summed E-state index contributed by atoms with van der Waals surface area (Å²) in [6.45, 7) is -0.310. The van der Waals surface area contributed by atoms with Gasteiger partial charge in [-0.2, -0.15) is 0 Å². The Kier molecular flexibility index (Phi) is 6.65. The van der Waals surface area contributed by atoms with E-state index in [1.54, 1.807) is 36.2 Å². The molecule has 1 aromatic carbocycles. The van der Waals surface area contributed by atoms with Crippen LogP contribution in [0, 0.1) is 5.92 Å². The molecule has 1 saturated carbocycles. The number of nitrogens with one attached hydrogen (secondary N) is 1. The van der Waals surface area contributed by atoms with Crippen molar-refractivity contribution in [3.63, 3.8) is 0 Å². The lowest BCUT2D eigenvalue weighted by Crippen LogP contribution is -2.42. The number of halogens is 1. The summed E-state index contributed by atoms with van der Waals surface area (Å²) in [6, 6.07) is 6.98. The largest absolute Gasteiger partial charge is 0.491 e. The zero-order chi connectivity index (χ0) is 16.7. The topological polar surface area (TPSA) is 61.8 Å². The summed E-state index contributed by atoms with van der Waals surface area (Å²) >= 11 is 0. The molecule has 2 amide bonds. The number of ether oxygens (including phenoxy) is 1. The molecular weight excluding hydrogens is 299 g/mol. The second-order valence-electron chi connectivity index (χ2n) is 5.96. The quantitative estimate of drug-likeness (QED) is 0.845. The van der Waals surface area contributed by atoms with Gasteiger partial charge in [0.25, 0.3) is 0 Å². The van der Waals surface area contributed by atoms with E-state index in [0.29, 0.717) is 17.4 Å². The first-order valence-electron chi connectivity index (χ1n) is 8.07. The molecule has 1 aromatic rings. The van der Waals surface area contributed by atoms with E-state index in [2.05, 4.69) is 5.32 Å². The van der Waals surface area contributed by atoms with Crippen molar-refractivity contribution >= 4 is 11.7 Å². The van der Waals surface area contributed by atoms with Crippen LogP contribution in [0.15, 0.2) is 24.3 Å². The number of carbonyl (C=O) groups excluding carboxylic acids is 1. The highest BCUT2D eigenvalue weighted by Crippen LogP contribution is 2.27. The van der Waals surface area contributed by atoms with Gasteiger partial charge in [-0.1, -0.05) is 6.07 Å². The van der Waals surface area contributed by atoms with E-state index in [1.807, 2.05) is 0 Å². The molecule has 2 N–H and O–H groups in total. The number of hydrogen-bond donors (Lipinski definition) is 2. The van der Waals surface area contributed by atoms with E-state index in [1.165, 1.54) is 0 Å². The third-order valence-electron chi connectivity index (χ3n) is 4.37. The fourth-order valence-electron chi connectivity index (χ4n) is 2.91. The lowest BCUT2D eigenvalue weighted by atomic mass is 9.86. The van der Waals surface area contributed by atoms with Gasteiger partial charge in [-0.25, -0.2) is 9.18 Å². The maximum atomic E-state index is 12.4. The highest BCUT2D eigenvalue weighted by molar-refractivity contribution is 5.89. The number of alkyl halides is 1. The Bertz CT molecular complexity index is 504. The normalized spacial score (nSPS) is 20.8. The van der Waals surface area contributed by atoms with Crippen LogP contribution in [0.25, 0.3) is 0 Å². The molecule has 0 saturated heterocycles. The van der Waals surface area contributed by atoms with Crippen molar-refractivity contribution in [2.24, 2.45) is 5.92 Å². The highest BCUT2D eigenvalue weighted by atomic mass is 19.1. The van der Waals surface area contributed by atoms with Crippen molar-refractivity contribution in [2.75, 3.05) is 32.3 Å². The third kappa shape index (κ3) is 5.10. The van der Waals surface area contributed by atoms with Crippen LogP contribution in [0.1, 0.15) is 25.7 Å². The molecule has 0 spiro atoms. The van der Waals surface area contributed by atoms with Crippen LogP contribution in [0.3, 0.4) is 0 Å². The zero-order valence-electron chi connectivity index (χ0n) is 13.5. The number of benzene rings is 1. The van der Waals surface area contributed by atoms with Gasteiger partial charge in [0.1, 0.15) is 19.0 Å². The first-order valence-corrected chi connectivity index (χ1v) is 8.07. The standard InChI is InChI=1S/C17H25FN2O3/c1-20(15-7-5-13(12-21)6-8-15)17(22)19-14-3-2-4-16(11-14)23-10-9-18/h2-4,11,13,15,21H,5-10,12H2,1H3,(H,19,22). The van der Waals surface area contributed by atoms with Crippen molar-refractivity contribution in [1.82, 2.24) is 4.90 Å². The zero-order valence-corrected chi connectivity index (χ0v) is 13.5. The molecule has 0 unspecified atom stereocenters. The van der Waals surface area contributed by atoms with E-state index in [-0.39, 0.29) is 25.3 Å². The average Bonchev–Trinajstić information content (AvgIpc) is 2.59. The Balaban J connectivity index is 1.88. The van der Waals surface area contributed by atoms with Crippen LogP contribution in [0.2, 0.25) is 0 Å².